The van der Waals surface area contributed by atoms with Gasteiger partial charge in [-0.3, -0.25) is 0 Å². The first-order chi connectivity index (χ1) is 11.2. The molecule has 1 saturated carbocycles. The summed E-state index contributed by atoms with van der Waals surface area (Å²) in [6.45, 7) is 4.67. The van der Waals surface area contributed by atoms with Crippen molar-refractivity contribution in [2.45, 2.75) is 63.8 Å². The number of hydrogen-bond donors (Lipinski definition) is 0. The summed E-state index contributed by atoms with van der Waals surface area (Å²) in [4.78, 5) is 0. The highest BCUT2D eigenvalue weighted by molar-refractivity contribution is 7.38. The van der Waals surface area contributed by atoms with Crippen LogP contribution in [0.25, 0.3) is 0 Å². The first-order valence-corrected chi connectivity index (χ1v) is 15.4. The number of ether oxygens (including phenoxy) is 1. The molecular formula is C18H40OP2Si2. The zero-order valence-corrected chi connectivity index (χ0v) is 21.9. The number of hydrogen-bond acceptors (Lipinski definition) is 1. The molecule has 1 heterocycles. The van der Waals surface area contributed by atoms with E-state index < -0.39 is 0 Å². The summed E-state index contributed by atoms with van der Waals surface area (Å²) >= 11 is 0. The lowest BCUT2D eigenvalue weighted by Gasteiger charge is -2.40. The average molecular weight is 391 g/mol. The maximum Gasteiger partial charge on any atom is 0.0414 e. The van der Waals surface area contributed by atoms with Gasteiger partial charge in [0.2, 0.25) is 0 Å². The van der Waals surface area contributed by atoms with E-state index in [2.05, 4.69) is 13.8 Å². The largest absolute Gasteiger partial charge is 0.383 e. The molecule has 23 heavy (non-hydrogen) atoms. The Morgan fingerprint density at radius 3 is 1.65 bits per heavy atom. The molecule has 0 spiro atoms. The van der Waals surface area contributed by atoms with Gasteiger partial charge < -0.3 is 4.74 Å². The van der Waals surface area contributed by atoms with Crippen molar-refractivity contribution in [1.29, 1.82) is 0 Å². The molecule has 0 N–H and O–H groups in total. The van der Waals surface area contributed by atoms with Gasteiger partial charge in [0.05, 0.1) is 0 Å². The van der Waals surface area contributed by atoms with Gasteiger partial charge in [0.1, 0.15) is 0 Å². The third-order valence-electron chi connectivity index (χ3n) is 6.23. The van der Waals surface area contributed by atoms with Gasteiger partial charge in [-0.25, -0.2) is 0 Å². The average Bonchev–Trinajstić information content (AvgIpc) is 2.82. The standard InChI is InChI=1S/C18H40OP2Si2/c1-3-5-7-20-11-13-9-15-16(18(23)19-17(15)22)10-14(13)12-21-8-6-4-2/h13-18,20-21H,3-12H2,1-2,22-23H3. The molecule has 0 radical (unpaired) electrons. The number of unbranched alkanes of at least 4 members (excludes halogenated alkanes) is 2. The number of rotatable bonds is 10. The molecule has 0 amide bonds. The zero-order chi connectivity index (χ0) is 16.7. The van der Waals surface area contributed by atoms with Crippen LogP contribution in [0.15, 0.2) is 0 Å². The molecule has 2 fully saturated rings. The fourth-order valence-corrected chi connectivity index (χ4v) is 11.0. The van der Waals surface area contributed by atoms with Crippen LogP contribution in [0.3, 0.4) is 0 Å². The minimum Gasteiger partial charge on any atom is -0.383 e. The Morgan fingerprint density at radius 1 is 0.826 bits per heavy atom. The molecule has 1 nitrogen and oxygen atoms in total. The molecule has 1 aliphatic heterocycles. The lowest BCUT2D eigenvalue weighted by Crippen LogP contribution is -2.37. The summed E-state index contributed by atoms with van der Waals surface area (Å²) in [6, 6.07) is 0. The van der Waals surface area contributed by atoms with E-state index in [1.165, 1.54) is 88.5 Å². The Labute approximate surface area is 154 Å². The lowest BCUT2D eigenvalue weighted by atomic mass is 9.70. The maximum atomic E-state index is 6.32. The van der Waals surface area contributed by atoms with Crippen LogP contribution in [0, 0.1) is 23.7 Å². The molecule has 0 aromatic carbocycles. The predicted molar refractivity (Wildman–Crippen MR) is 118 cm³/mol. The van der Waals surface area contributed by atoms with Gasteiger partial charge in [-0.1, -0.05) is 26.7 Å². The second-order valence-corrected chi connectivity index (χ2v) is 13.1. The molecule has 2 aliphatic rings. The van der Waals surface area contributed by atoms with Crippen molar-refractivity contribution in [3.05, 3.63) is 0 Å². The van der Waals surface area contributed by atoms with Gasteiger partial charge in [-0.2, -0.15) is 0 Å². The Morgan fingerprint density at radius 2 is 1.26 bits per heavy atom. The van der Waals surface area contributed by atoms with E-state index in [-0.39, 0.29) is 0 Å². The molecule has 2 rings (SSSR count). The Bertz CT molecular complexity index is 302. The van der Waals surface area contributed by atoms with Crippen molar-refractivity contribution in [2.75, 3.05) is 24.6 Å². The normalized spacial score (nSPS) is 38.3. The van der Waals surface area contributed by atoms with E-state index in [9.17, 15) is 0 Å². The quantitative estimate of drug-likeness (QED) is 0.317. The SMILES string of the molecule is CCCCPCC1CC2C([SiH3])OC([SiH3])C2CC1CPCCCC. The Balaban J connectivity index is 1.87. The van der Waals surface area contributed by atoms with Crippen LogP contribution >= 0.6 is 17.2 Å². The fraction of sp³-hybridized carbons (Fsp3) is 1.00. The highest BCUT2D eigenvalue weighted by atomic mass is 31.1. The second kappa shape index (κ2) is 11.1. The van der Waals surface area contributed by atoms with Crippen molar-refractivity contribution in [3.8, 4) is 0 Å². The minimum absolute atomic E-state index is 0.687. The monoisotopic (exact) mass is 390 g/mol. The summed E-state index contributed by atoms with van der Waals surface area (Å²) in [5.74, 6) is 4.01. The topological polar surface area (TPSA) is 9.23 Å². The third-order valence-corrected chi connectivity index (χ3v) is 11.5. The van der Waals surface area contributed by atoms with Crippen LogP contribution in [0.4, 0.5) is 0 Å². The van der Waals surface area contributed by atoms with Crippen molar-refractivity contribution in [3.63, 3.8) is 0 Å². The van der Waals surface area contributed by atoms with E-state index in [0.29, 0.717) is 11.5 Å². The third kappa shape index (κ3) is 6.17. The van der Waals surface area contributed by atoms with E-state index in [4.69, 9.17) is 4.74 Å². The molecule has 136 valence electrons. The summed E-state index contributed by atoms with van der Waals surface area (Å²) < 4.78 is 6.32. The van der Waals surface area contributed by atoms with Crippen LogP contribution in [-0.2, 0) is 4.74 Å². The van der Waals surface area contributed by atoms with Crippen LogP contribution in [0.2, 0.25) is 0 Å². The summed E-state index contributed by atoms with van der Waals surface area (Å²) in [5.41, 5.74) is 1.37. The van der Waals surface area contributed by atoms with E-state index in [1.807, 2.05) is 0 Å². The highest BCUT2D eigenvalue weighted by Gasteiger charge is 2.46. The molecule has 8 atom stereocenters. The molecule has 1 saturated heterocycles. The first-order valence-electron chi connectivity index (χ1n) is 10.2. The van der Waals surface area contributed by atoms with Gasteiger partial charge in [-0.05, 0) is 74.0 Å². The van der Waals surface area contributed by atoms with Gasteiger partial charge in [0.15, 0.2) is 0 Å². The smallest absolute Gasteiger partial charge is 0.0414 e. The van der Waals surface area contributed by atoms with Crippen molar-refractivity contribution < 1.29 is 4.74 Å². The molecule has 5 heteroatoms. The predicted octanol–water partition coefficient (Wildman–Crippen LogP) is 2.62. The van der Waals surface area contributed by atoms with Crippen LogP contribution in [-0.4, -0.2) is 56.6 Å². The van der Waals surface area contributed by atoms with Gasteiger partial charge in [-0.15, -0.1) is 17.2 Å². The van der Waals surface area contributed by atoms with E-state index in [0.717, 1.165) is 23.7 Å². The van der Waals surface area contributed by atoms with Gasteiger partial charge in [0, 0.05) is 31.9 Å². The van der Waals surface area contributed by atoms with E-state index in [1.54, 1.807) is 12.3 Å². The van der Waals surface area contributed by atoms with Crippen molar-refractivity contribution in [1.82, 2.24) is 0 Å². The minimum atomic E-state index is 0.687. The molecule has 0 aromatic heterocycles. The Kier molecular flexibility index (Phi) is 9.90. The summed E-state index contributed by atoms with van der Waals surface area (Å²) in [5, 5.41) is 0. The molecule has 0 bridgehead atoms. The molecule has 1 aliphatic carbocycles. The molecule has 8 unspecified atom stereocenters. The molecular weight excluding hydrogens is 350 g/mol. The van der Waals surface area contributed by atoms with E-state index >= 15 is 0 Å². The maximum absolute atomic E-state index is 6.32. The van der Waals surface area contributed by atoms with Crippen molar-refractivity contribution >= 4 is 37.6 Å². The van der Waals surface area contributed by atoms with Crippen molar-refractivity contribution in [2.24, 2.45) is 23.7 Å². The van der Waals surface area contributed by atoms with Crippen LogP contribution in [0.1, 0.15) is 52.4 Å². The second-order valence-electron chi connectivity index (χ2n) is 7.98. The fourth-order valence-electron chi connectivity index (χ4n) is 4.73. The van der Waals surface area contributed by atoms with Crippen LogP contribution < -0.4 is 0 Å². The van der Waals surface area contributed by atoms with Crippen LogP contribution in [0.5, 0.6) is 0 Å². The summed E-state index contributed by atoms with van der Waals surface area (Å²) in [6.07, 6.45) is 14.8. The molecule has 0 aromatic rings. The lowest BCUT2D eigenvalue weighted by molar-refractivity contribution is 0.123. The highest BCUT2D eigenvalue weighted by Crippen LogP contribution is 2.48. The van der Waals surface area contributed by atoms with Gasteiger partial charge in [0.25, 0.3) is 0 Å². The zero-order valence-electron chi connectivity index (χ0n) is 15.9. The summed E-state index contributed by atoms with van der Waals surface area (Å²) in [7, 11) is 4.98. The Hall–Kier alpha value is 1.25. The number of fused-ring (bicyclic) bond motifs is 1. The van der Waals surface area contributed by atoms with Gasteiger partial charge >= 0.3 is 0 Å². The first kappa shape index (κ1) is 20.6.